The lowest BCUT2D eigenvalue weighted by Gasteiger charge is -2.33. The van der Waals surface area contributed by atoms with E-state index in [1.165, 1.54) is 0 Å². The smallest absolute Gasteiger partial charge is 0.320 e. The van der Waals surface area contributed by atoms with Crippen LogP contribution < -0.4 is 5.32 Å². The molecule has 1 aliphatic heterocycles. The van der Waals surface area contributed by atoms with E-state index in [9.17, 15) is 9.59 Å². The summed E-state index contributed by atoms with van der Waals surface area (Å²) in [6, 6.07) is -0.461. The summed E-state index contributed by atoms with van der Waals surface area (Å²) in [5.74, 6) is -0.613. The first-order chi connectivity index (χ1) is 6.54. The third-order valence-electron chi connectivity index (χ3n) is 3.63. The predicted octanol–water partition coefficient (Wildman–Crippen LogP) is 0.561. The van der Waals surface area contributed by atoms with E-state index in [-0.39, 0.29) is 11.8 Å². The zero-order valence-electron chi connectivity index (χ0n) is 8.25. The van der Waals surface area contributed by atoms with Crippen molar-refractivity contribution in [1.29, 1.82) is 0 Å². The molecule has 78 valence electrons. The van der Waals surface area contributed by atoms with Crippen molar-refractivity contribution in [2.75, 3.05) is 0 Å². The molecule has 2 rings (SSSR count). The lowest BCUT2D eigenvalue weighted by molar-refractivity contribution is -0.139. The first-order valence-electron chi connectivity index (χ1n) is 5.06. The van der Waals surface area contributed by atoms with Crippen molar-refractivity contribution in [3.05, 3.63) is 0 Å². The van der Waals surface area contributed by atoms with Crippen molar-refractivity contribution in [3.8, 4) is 0 Å². The van der Waals surface area contributed by atoms with Gasteiger partial charge in [0.1, 0.15) is 11.8 Å². The predicted molar refractivity (Wildman–Crippen MR) is 49.9 cm³/mol. The molecule has 0 radical (unpaired) electrons. The van der Waals surface area contributed by atoms with Crippen molar-refractivity contribution >= 4 is 11.8 Å². The maximum Gasteiger partial charge on any atom is 0.320 e. The summed E-state index contributed by atoms with van der Waals surface area (Å²) in [5.41, 5.74) is -0.429. The summed E-state index contributed by atoms with van der Waals surface area (Å²) in [6.45, 7) is 1.90. The summed E-state index contributed by atoms with van der Waals surface area (Å²) in [6.07, 6.45) is 2.87. The van der Waals surface area contributed by atoms with E-state index in [1.807, 2.05) is 6.92 Å². The zero-order chi connectivity index (χ0) is 10.3. The molecular formula is C10H15NO3. The molecule has 1 saturated heterocycles. The summed E-state index contributed by atoms with van der Waals surface area (Å²) in [4.78, 5) is 22.6. The normalized spacial score (nSPS) is 42.2. The van der Waals surface area contributed by atoms with Crippen LogP contribution in [-0.2, 0) is 9.59 Å². The lowest BCUT2D eigenvalue weighted by atomic mass is 9.71. The monoisotopic (exact) mass is 197 g/mol. The fraction of sp³-hybridized carbons (Fsp3) is 0.800. The van der Waals surface area contributed by atoms with E-state index in [4.69, 9.17) is 5.11 Å². The van der Waals surface area contributed by atoms with Crippen LogP contribution in [0.25, 0.3) is 0 Å². The number of ketones is 1. The van der Waals surface area contributed by atoms with E-state index in [0.29, 0.717) is 12.8 Å². The summed E-state index contributed by atoms with van der Waals surface area (Å²) in [5, 5.41) is 11.9. The quantitative estimate of drug-likeness (QED) is 0.644. The molecule has 0 amide bonds. The highest BCUT2D eigenvalue weighted by atomic mass is 16.4. The molecule has 0 bridgehead atoms. The van der Waals surface area contributed by atoms with Crippen LogP contribution >= 0.6 is 0 Å². The molecule has 4 heteroatoms. The van der Waals surface area contributed by atoms with Crippen LogP contribution in [-0.4, -0.2) is 28.9 Å². The van der Waals surface area contributed by atoms with Gasteiger partial charge in [0.05, 0.1) is 0 Å². The Hall–Kier alpha value is -0.900. The minimum Gasteiger partial charge on any atom is -0.480 e. The van der Waals surface area contributed by atoms with Crippen LogP contribution in [0.4, 0.5) is 0 Å². The van der Waals surface area contributed by atoms with Gasteiger partial charge in [-0.1, -0.05) is 6.92 Å². The van der Waals surface area contributed by atoms with Crippen molar-refractivity contribution in [1.82, 2.24) is 5.32 Å². The Kier molecular flexibility index (Phi) is 2.10. The first-order valence-corrected chi connectivity index (χ1v) is 5.06. The Morgan fingerprint density at radius 1 is 1.64 bits per heavy atom. The van der Waals surface area contributed by atoms with E-state index >= 15 is 0 Å². The Labute approximate surface area is 82.7 Å². The number of hydrogen-bond donors (Lipinski definition) is 2. The molecule has 4 nitrogen and oxygen atoms in total. The second-order valence-corrected chi connectivity index (χ2v) is 4.55. The summed E-state index contributed by atoms with van der Waals surface area (Å²) < 4.78 is 0. The highest BCUT2D eigenvalue weighted by molar-refractivity contribution is 5.88. The SMILES string of the molecule is C[C@@]12C[C@H](C(=O)O)N[C@@H]1CCCC2=O. The Morgan fingerprint density at radius 3 is 2.93 bits per heavy atom. The molecule has 3 atom stereocenters. The maximum atomic E-state index is 11.7. The summed E-state index contributed by atoms with van der Waals surface area (Å²) in [7, 11) is 0. The van der Waals surface area contributed by atoms with Gasteiger partial charge < -0.3 is 10.4 Å². The fourth-order valence-electron chi connectivity index (χ4n) is 2.67. The van der Waals surface area contributed by atoms with Crippen LogP contribution in [0.1, 0.15) is 32.6 Å². The maximum absolute atomic E-state index is 11.7. The average molecular weight is 197 g/mol. The molecule has 0 aromatic carbocycles. The van der Waals surface area contributed by atoms with Gasteiger partial charge >= 0.3 is 5.97 Å². The Balaban J connectivity index is 2.21. The molecule has 0 spiro atoms. The van der Waals surface area contributed by atoms with Crippen molar-refractivity contribution < 1.29 is 14.7 Å². The van der Waals surface area contributed by atoms with Crippen molar-refractivity contribution in [2.45, 2.75) is 44.7 Å². The van der Waals surface area contributed by atoms with Crippen LogP contribution in [0.5, 0.6) is 0 Å². The highest BCUT2D eigenvalue weighted by Gasteiger charge is 2.51. The highest BCUT2D eigenvalue weighted by Crippen LogP contribution is 2.41. The number of carboxylic acids is 1. The molecule has 2 N–H and O–H groups in total. The zero-order valence-corrected chi connectivity index (χ0v) is 8.25. The molecular weight excluding hydrogens is 182 g/mol. The second-order valence-electron chi connectivity index (χ2n) is 4.55. The van der Waals surface area contributed by atoms with E-state index in [1.54, 1.807) is 0 Å². The number of aliphatic carboxylic acids is 1. The number of carbonyl (C=O) groups excluding carboxylic acids is 1. The fourth-order valence-corrected chi connectivity index (χ4v) is 2.67. The van der Waals surface area contributed by atoms with Crippen LogP contribution in [0.2, 0.25) is 0 Å². The van der Waals surface area contributed by atoms with Crippen LogP contribution in [0, 0.1) is 5.41 Å². The third-order valence-corrected chi connectivity index (χ3v) is 3.63. The van der Waals surface area contributed by atoms with Crippen LogP contribution in [0.15, 0.2) is 0 Å². The van der Waals surface area contributed by atoms with Gasteiger partial charge in [-0.25, -0.2) is 0 Å². The number of fused-ring (bicyclic) bond motifs is 1. The van der Waals surface area contributed by atoms with Gasteiger partial charge in [0.25, 0.3) is 0 Å². The number of nitrogens with one attached hydrogen (secondary N) is 1. The van der Waals surface area contributed by atoms with Gasteiger partial charge in [0.2, 0.25) is 0 Å². The standard InChI is InChI=1S/C10H15NO3/c1-10-5-6(9(13)14)11-7(10)3-2-4-8(10)12/h6-7,11H,2-5H2,1H3,(H,13,14)/t6-,7-,10-/m1/s1. The van der Waals surface area contributed by atoms with E-state index in [0.717, 1.165) is 12.8 Å². The third kappa shape index (κ3) is 1.25. The first kappa shape index (κ1) is 9.65. The molecule has 1 heterocycles. The lowest BCUT2D eigenvalue weighted by Crippen LogP contribution is -2.44. The van der Waals surface area contributed by atoms with Crippen LogP contribution in [0.3, 0.4) is 0 Å². The number of carbonyl (C=O) groups is 2. The Bertz CT molecular complexity index is 289. The summed E-state index contributed by atoms with van der Waals surface area (Å²) >= 11 is 0. The number of hydrogen-bond acceptors (Lipinski definition) is 3. The molecule has 2 fully saturated rings. The topological polar surface area (TPSA) is 66.4 Å². The van der Waals surface area contributed by atoms with Gasteiger partial charge in [-0.05, 0) is 19.3 Å². The average Bonchev–Trinajstić information content (AvgIpc) is 2.45. The molecule has 2 aliphatic rings. The van der Waals surface area contributed by atoms with E-state index in [2.05, 4.69) is 5.32 Å². The Morgan fingerprint density at radius 2 is 2.36 bits per heavy atom. The van der Waals surface area contributed by atoms with Gasteiger partial charge in [-0.3, -0.25) is 9.59 Å². The minimum atomic E-state index is -0.839. The second kappa shape index (κ2) is 3.05. The molecule has 1 saturated carbocycles. The largest absolute Gasteiger partial charge is 0.480 e. The number of rotatable bonds is 1. The molecule has 0 unspecified atom stereocenters. The van der Waals surface area contributed by atoms with Gasteiger partial charge in [0.15, 0.2) is 0 Å². The molecule has 14 heavy (non-hydrogen) atoms. The van der Waals surface area contributed by atoms with Crippen molar-refractivity contribution in [2.24, 2.45) is 5.41 Å². The molecule has 0 aromatic heterocycles. The van der Waals surface area contributed by atoms with Gasteiger partial charge in [-0.15, -0.1) is 0 Å². The number of carboxylic acid groups (broad SMARTS) is 1. The molecule has 0 aromatic rings. The van der Waals surface area contributed by atoms with Crippen molar-refractivity contribution in [3.63, 3.8) is 0 Å². The molecule has 1 aliphatic carbocycles. The van der Waals surface area contributed by atoms with E-state index < -0.39 is 17.4 Å². The number of Topliss-reactive ketones (excluding diaryl/α,β-unsaturated/α-hetero) is 1. The van der Waals surface area contributed by atoms with Gasteiger partial charge in [0, 0.05) is 17.9 Å². The minimum absolute atomic E-state index is 0.0739. The van der Waals surface area contributed by atoms with Gasteiger partial charge in [-0.2, -0.15) is 0 Å².